The lowest BCUT2D eigenvalue weighted by molar-refractivity contribution is -0.384. The molecule has 0 saturated carbocycles. The number of phenols is 1. The smallest absolute Gasteiger partial charge is 0.296 e. The fourth-order valence-corrected chi connectivity index (χ4v) is 2.08. The Morgan fingerprint density at radius 1 is 1.33 bits per heavy atom. The molecule has 0 saturated heterocycles. The largest absolute Gasteiger partial charge is 0.508 e. The number of nitro groups is 1. The molecule has 7 heteroatoms. The Morgan fingerprint density at radius 2 is 2.19 bits per heavy atom. The van der Waals surface area contributed by atoms with E-state index in [-0.39, 0.29) is 11.4 Å². The zero-order valence-electron chi connectivity index (χ0n) is 10.9. The maximum absolute atomic E-state index is 11.0. The summed E-state index contributed by atoms with van der Waals surface area (Å²) in [6, 6.07) is 9.67. The number of benzene rings is 1. The number of pyridine rings is 1. The van der Waals surface area contributed by atoms with E-state index in [1.165, 1.54) is 12.1 Å². The van der Waals surface area contributed by atoms with Crippen LogP contribution in [0.1, 0.15) is 5.69 Å². The van der Waals surface area contributed by atoms with Crippen molar-refractivity contribution in [2.24, 2.45) is 0 Å². The van der Waals surface area contributed by atoms with E-state index in [4.69, 9.17) is 0 Å². The number of phenolic OH excluding ortho intramolecular Hbond substituents is 1. The van der Waals surface area contributed by atoms with E-state index < -0.39 is 4.92 Å². The average molecular weight is 284 g/mol. The molecule has 21 heavy (non-hydrogen) atoms. The molecule has 106 valence electrons. The van der Waals surface area contributed by atoms with Crippen molar-refractivity contribution in [2.75, 3.05) is 5.32 Å². The molecule has 0 bridgehead atoms. The van der Waals surface area contributed by atoms with Gasteiger partial charge in [0.05, 0.1) is 23.2 Å². The summed E-state index contributed by atoms with van der Waals surface area (Å²) in [6.45, 7) is 0.354. The summed E-state index contributed by atoms with van der Waals surface area (Å²) < 4.78 is 1.88. The number of nitro benzene ring substituents is 1. The van der Waals surface area contributed by atoms with Crippen molar-refractivity contribution in [3.8, 4) is 5.75 Å². The van der Waals surface area contributed by atoms with E-state index in [1.54, 1.807) is 0 Å². The van der Waals surface area contributed by atoms with Gasteiger partial charge in [0.1, 0.15) is 17.1 Å². The maximum Gasteiger partial charge on any atom is 0.296 e. The van der Waals surface area contributed by atoms with Gasteiger partial charge in [-0.25, -0.2) is 4.98 Å². The lowest BCUT2D eigenvalue weighted by Crippen LogP contribution is -2.02. The molecule has 7 nitrogen and oxygen atoms in total. The van der Waals surface area contributed by atoms with Gasteiger partial charge in [-0.2, -0.15) is 0 Å². The summed E-state index contributed by atoms with van der Waals surface area (Å²) in [6.07, 6.45) is 3.74. The van der Waals surface area contributed by atoms with Crippen LogP contribution in [-0.2, 0) is 6.54 Å². The van der Waals surface area contributed by atoms with E-state index in [9.17, 15) is 15.2 Å². The van der Waals surface area contributed by atoms with Crippen LogP contribution in [0.4, 0.5) is 11.4 Å². The molecular weight excluding hydrogens is 272 g/mol. The first kappa shape index (κ1) is 12.9. The van der Waals surface area contributed by atoms with Crippen molar-refractivity contribution >= 4 is 17.0 Å². The molecule has 2 heterocycles. The summed E-state index contributed by atoms with van der Waals surface area (Å²) in [4.78, 5) is 14.8. The van der Waals surface area contributed by atoms with E-state index >= 15 is 0 Å². The van der Waals surface area contributed by atoms with Crippen LogP contribution < -0.4 is 5.32 Å². The SMILES string of the molecule is O=[N+]([O-])c1cc(O)ccc1NCc1cn2ccccc2n1. The molecule has 0 aliphatic rings. The first-order valence-electron chi connectivity index (χ1n) is 6.27. The Balaban J connectivity index is 1.83. The van der Waals surface area contributed by atoms with E-state index in [0.717, 1.165) is 17.4 Å². The number of aromatic hydroxyl groups is 1. The zero-order chi connectivity index (χ0) is 14.8. The highest BCUT2D eigenvalue weighted by molar-refractivity contribution is 5.63. The van der Waals surface area contributed by atoms with Gasteiger partial charge in [0.2, 0.25) is 0 Å². The van der Waals surface area contributed by atoms with Crippen molar-refractivity contribution in [3.05, 3.63) is 64.6 Å². The van der Waals surface area contributed by atoms with E-state index in [0.29, 0.717) is 12.2 Å². The summed E-state index contributed by atoms with van der Waals surface area (Å²) in [5.41, 5.74) is 1.76. The minimum absolute atomic E-state index is 0.139. The standard InChI is InChI=1S/C14H12N4O3/c19-11-4-5-12(13(7-11)18(20)21)15-8-10-9-17-6-2-1-3-14(17)16-10/h1-7,9,15,19H,8H2. The fourth-order valence-electron chi connectivity index (χ4n) is 2.08. The molecule has 0 fully saturated rings. The van der Waals surface area contributed by atoms with Crippen molar-refractivity contribution in [1.29, 1.82) is 0 Å². The minimum atomic E-state index is -0.536. The van der Waals surface area contributed by atoms with Gasteiger partial charge in [-0.15, -0.1) is 0 Å². The van der Waals surface area contributed by atoms with Crippen molar-refractivity contribution in [2.45, 2.75) is 6.54 Å². The highest BCUT2D eigenvalue weighted by Crippen LogP contribution is 2.28. The second-order valence-corrected chi connectivity index (χ2v) is 4.51. The summed E-state index contributed by atoms with van der Waals surface area (Å²) in [5, 5.41) is 23.3. The van der Waals surface area contributed by atoms with Crippen LogP contribution in [0.5, 0.6) is 5.75 Å². The third-order valence-electron chi connectivity index (χ3n) is 3.05. The molecule has 0 spiro atoms. The van der Waals surface area contributed by atoms with Crippen LogP contribution in [0.15, 0.2) is 48.8 Å². The molecular formula is C14H12N4O3. The van der Waals surface area contributed by atoms with Crippen LogP contribution in [0.25, 0.3) is 5.65 Å². The van der Waals surface area contributed by atoms with Crippen LogP contribution >= 0.6 is 0 Å². The summed E-state index contributed by atoms with van der Waals surface area (Å²) in [5.74, 6) is -0.139. The second-order valence-electron chi connectivity index (χ2n) is 4.51. The van der Waals surface area contributed by atoms with E-state index in [2.05, 4.69) is 10.3 Å². The molecule has 0 unspecified atom stereocenters. The Hall–Kier alpha value is -3.09. The lowest BCUT2D eigenvalue weighted by Gasteiger charge is -2.05. The number of rotatable bonds is 4. The Labute approximate surface area is 119 Å². The number of nitrogens with zero attached hydrogens (tertiary/aromatic N) is 3. The number of anilines is 1. The zero-order valence-corrected chi connectivity index (χ0v) is 10.9. The molecule has 0 aliphatic heterocycles. The fraction of sp³-hybridized carbons (Fsp3) is 0.0714. The quantitative estimate of drug-likeness (QED) is 0.436. The predicted octanol–water partition coefficient (Wildman–Crippen LogP) is 2.56. The van der Waals surface area contributed by atoms with Gasteiger partial charge < -0.3 is 14.8 Å². The number of hydrogen-bond donors (Lipinski definition) is 2. The first-order chi connectivity index (χ1) is 10.1. The third-order valence-corrected chi connectivity index (χ3v) is 3.05. The lowest BCUT2D eigenvalue weighted by atomic mass is 10.2. The van der Waals surface area contributed by atoms with Crippen LogP contribution in [-0.4, -0.2) is 19.4 Å². The predicted molar refractivity (Wildman–Crippen MR) is 77.3 cm³/mol. The van der Waals surface area contributed by atoms with Gasteiger partial charge in [-0.1, -0.05) is 6.07 Å². The maximum atomic E-state index is 11.0. The number of nitrogens with one attached hydrogen (secondary N) is 1. The monoisotopic (exact) mass is 284 g/mol. The van der Waals surface area contributed by atoms with Gasteiger partial charge in [-0.05, 0) is 24.3 Å². The number of aromatic nitrogens is 2. The molecule has 0 aliphatic carbocycles. The molecule has 3 aromatic rings. The molecule has 2 aromatic heterocycles. The van der Waals surface area contributed by atoms with Gasteiger partial charge in [0, 0.05) is 12.4 Å². The summed E-state index contributed by atoms with van der Waals surface area (Å²) in [7, 11) is 0. The molecule has 0 radical (unpaired) electrons. The van der Waals surface area contributed by atoms with Gasteiger partial charge in [-0.3, -0.25) is 10.1 Å². The molecule has 0 amide bonds. The van der Waals surface area contributed by atoms with Gasteiger partial charge in [0.15, 0.2) is 0 Å². The molecule has 1 aromatic carbocycles. The van der Waals surface area contributed by atoms with E-state index in [1.807, 2.05) is 35.0 Å². The molecule has 2 N–H and O–H groups in total. The minimum Gasteiger partial charge on any atom is -0.508 e. The number of fused-ring (bicyclic) bond motifs is 1. The second kappa shape index (κ2) is 5.12. The van der Waals surface area contributed by atoms with Gasteiger partial charge >= 0.3 is 0 Å². The normalized spacial score (nSPS) is 10.7. The Morgan fingerprint density at radius 3 is 2.95 bits per heavy atom. The Kier molecular flexibility index (Phi) is 3.15. The van der Waals surface area contributed by atoms with Crippen molar-refractivity contribution < 1.29 is 10.0 Å². The van der Waals surface area contributed by atoms with Crippen molar-refractivity contribution in [3.63, 3.8) is 0 Å². The molecule has 0 atom stereocenters. The first-order valence-corrected chi connectivity index (χ1v) is 6.27. The third kappa shape index (κ3) is 2.62. The Bertz CT molecular complexity index is 780. The van der Waals surface area contributed by atoms with Crippen LogP contribution in [0.3, 0.4) is 0 Å². The van der Waals surface area contributed by atoms with Crippen molar-refractivity contribution in [1.82, 2.24) is 9.38 Å². The van der Waals surface area contributed by atoms with Gasteiger partial charge in [0.25, 0.3) is 5.69 Å². The average Bonchev–Trinajstić information content (AvgIpc) is 2.88. The number of hydrogen-bond acceptors (Lipinski definition) is 5. The highest BCUT2D eigenvalue weighted by atomic mass is 16.6. The topological polar surface area (TPSA) is 92.7 Å². The highest BCUT2D eigenvalue weighted by Gasteiger charge is 2.14. The van der Waals surface area contributed by atoms with Crippen LogP contribution in [0.2, 0.25) is 0 Å². The summed E-state index contributed by atoms with van der Waals surface area (Å²) >= 11 is 0. The molecule has 3 rings (SSSR count). The van der Waals surface area contributed by atoms with Crippen LogP contribution in [0, 0.1) is 10.1 Å². The number of imidazole rings is 1.